The van der Waals surface area contributed by atoms with Crippen molar-refractivity contribution in [1.29, 1.82) is 0 Å². The van der Waals surface area contributed by atoms with E-state index in [1.54, 1.807) is 0 Å². The van der Waals surface area contributed by atoms with E-state index in [0.717, 1.165) is 19.5 Å². The fourth-order valence-electron chi connectivity index (χ4n) is 3.52. The molecule has 3 heteroatoms. The highest BCUT2D eigenvalue weighted by Gasteiger charge is 2.26. The van der Waals surface area contributed by atoms with Gasteiger partial charge in [-0.15, -0.1) is 12.4 Å². The Morgan fingerprint density at radius 2 is 1.91 bits per heavy atom. The molecule has 2 N–H and O–H groups in total. The average Bonchev–Trinajstić information content (AvgIpc) is 2.54. The van der Waals surface area contributed by atoms with Crippen LogP contribution in [0.1, 0.15) is 32.6 Å². The molecule has 2 aromatic carbocycles. The van der Waals surface area contributed by atoms with Gasteiger partial charge in [0.15, 0.2) is 0 Å². The van der Waals surface area contributed by atoms with E-state index in [1.165, 1.54) is 35.7 Å². The topological polar surface area (TPSA) is 29.3 Å². The zero-order valence-electron chi connectivity index (χ0n) is 13.4. The number of unbranched alkanes of at least 4 members (excludes halogenated alkanes) is 1. The second-order valence-electron chi connectivity index (χ2n) is 6.30. The molecule has 0 aromatic heterocycles. The van der Waals surface area contributed by atoms with Crippen LogP contribution in [-0.2, 0) is 0 Å². The molecule has 0 saturated carbocycles. The van der Waals surface area contributed by atoms with Gasteiger partial charge in [0.2, 0.25) is 0 Å². The Bertz CT molecular complexity index is 594. The first-order valence-corrected chi connectivity index (χ1v) is 8.28. The van der Waals surface area contributed by atoms with E-state index in [-0.39, 0.29) is 12.4 Å². The SMILES string of the molecule is CCCC[C@@H]1CN(c2cccc3ccccc23)CC[C@@H]1N.Cl. The molecule has 0 spiro atoms. The molecule has 1 heterocycles. The van der Waals surface area contributed by atoms with Crippen molar-refractivity contribution in [2.75, 3.05) is 18.0 Å². The molecule has 0 unspecified atom stereocenters. The minimum atomic E-state index is 0. The van der Waals surface area contributed by atoms with Gasteiger partial charge in [-0.05, 0) is 30.2 Å². The lowest BCUT2D eigenvalue weighted by Crippen LogP contribution is -2.47. The van der Waals surface area contributed by atoms with Crippen molar-refractivity contribution in [3.05, 3.63) is 42.5 Å². The summed E-state index contributed by atoms with van der Waals surface area (Å²) in [7, 11) is 0. The summed E-state index contributed by atoms with van der Waals surface area (Å²) in [5.74, 6) is 0.637. The van der Waals surface area contributed by atoms with Gasteiger partial charge in [0, 0.05) is 30.2 Å². The molecule has 0 amide bonds. The van der Waals surface area contributed by atoms with Crippen molar-refractivity contribution in [3.63, 3.8) is 0 Å². The number of halogens is 1. The summed E-state index contributed by atoms with van der Waals surface area (Å²) in [4.78, 5) is 2.55. The number of rotatable bonds is 4. The molecule has 2 atom stereocenters. The van der Waals surface area contributed by atoms with Crippen molar-refractivity contribution in [3.8, 4) is 0 Å². The quantitative estimate of drug-likeness (QED) is 0.892. The van der Waals surface area contributed by atoms with Gasteiger partial charge < -0.3 is 10.6 Å². The van der Waals surface area contributed by atoms with Gasteiger partial charge in [-0.25, -0.2) is 0 Å². The smallest absolute Gasteiger partial charge is 0.0446 e. The maximum atomic E-state index is 6.35. The predicted molar refractivity (Wildman–Crippen MR) is 99.0 cm³/mol. The van der Waals surface area contributed by atoms with E-state index < -0.39 is 0 Å². The number of hydrogen-bond donors (Lipinski definition) is 1. The standard InChI is InChI=1S/C19H26N2.ClH/c1-2-3-7-16-14-21(13-12-18(16)20)19-11-6-9-15-8-4-5-10-17(15)19;/h4-6,8-11,16,18H,2-3,7,12-14,20H2,1H3;1H/t16-,18+;/m1./s1. The van der Waals surface area contributed by atoms with Gasteiger partial charge in [-0.2, -0.15) is 0 Å². The van der Waals surface area contributed by atoms with Gasteiger partial charge in [0.1, 0.15) is 0 Å². The van der Waals surface area contributed by atoms with Gasteiger partial charge in [-0.3, -0.25) is 0 Å². The zero-order chi connectivity index (χ0) is 14.7. The molecule has 0 aliphatic carbocycles. The Kier molecular flexibility index (Phi) is 6.10. The first-order chi connectivity index (χ1) is 10.3. The van der Waals surface area contributed by atoms with E-state index in [9.17, 15) is 0 Å². The number of hydrogen-bond acceptors (Lipinski definition) is 2. The van der Waals surface area contributed by atoms with Crippen LogP contribution in [0.5, 0.6) is 0 Å². The highest BCUT2D eigenvalue weighted by molar-refractivity contribution is 5.94. The Hall–Kier alpha value is -1.25. The van der Waals surface area contributed by atoms with E-state index in [2.05, 4.69) is 54.3 Å². The molecule has 1 aliphatic rings. The molecule has 1 saturated heterocycles. The Balaban J connectivity index is 0.00000176. The number of nitrogens with zero attached hydrogens (tertiary/aromatic N) is 1. The molecule has 2 nitrogen and oxygen atoms in total. The summed E-state index contributed by atoms with van der Waals surface area (Å²) < 4.78 is 0. The first kappa shape index (κ1) is 17.1. The average molecular weight is 319 g/mol. The van der Waals surface area contributed by atoms with Gasteiger partial charge in [-0.1, -0.05) is 56.2 Å². The molecular weight excluding hydrogens is 292 g/mol. The monoisotopic (exact) mass is 318 g/mol. The summed E-state index contributed by atoms with van der Waals surface area (Å²) in [5, 5.41) is 2.69. The van der Waals surface area contributed by atoms with Crippen LogP contribution in [0.4, 0.5) is 5.69 Å². The van der Waals surface area contributed by atoms with Crippen LogP contribution in [0, 0.1) is 5.92 Å². The maximum Gasteiger partial charge on any atom is 0.0446 e. The number of nitrogens with two attached hydrogens (primary N) is 1. The van der Waals surface area contributed by atoms with Crippen molar-refractivity contribution >= 4 is 28.9 Å². The third kappa shape index (κ3) is 3.56. The number of benzene rings is 2. The molecular formula is C19H27ClN2. The number of anilines is 1. The minimum absolute atomic E-state index is 0. The van der Waals surface area contributed by atoms with Crippen LogP contribution in [0.3, 0.4) is 0 Å². The number of fused-ring (bicyclic) bond motifs is 1. The second kappa shape index (κ2) is 7.85. The zero-order valence-corrected chi connectivity index (χ0v) is 14.2. The van der Waals surface area contributed by atoms with Gasteiger partial charge >= 0.3 is 0 Å². The fraction of sp³-hybridized carbons (Fsp3) is 0.474. The summed E-state index contributed by atoms with van der Waals surface area (Å²) in [6.45, 7) is 4.45. The Morgan fingerprint density at radius 3 is 2.73 bits per heavy atom. The van der Waals surface area contributed by atoms with Crippen LogP contribution in [0.15, 0.2) is 42.5 Å². The second-order valence-corrected chi connectivity index (χ2v) is 6.30. The summed E-state index contributed by atoms with van der Waals surface area (Å²) in [6, 6.07) is 15.7. The lowest BCUT2D eigenvalue weighted by atomic mass is 9.88. The number of piperidine rings is 1. The molecule has 120 valence electrons. The Labute approximate surface area is 140 Å². The third-order valence-corrected chi connectivity index (χ3v) is 4.83. The highest BCUT2D eigenvalue weighted by Crippen LogP contribution is 2.31. The maximum absolute atomic E-state index is 6.35. The normalized spacial score (nSPS) is 21.6. The molecule has 2 aromatic rings. The van der Waals surface area contributed by atoms with Crippen LogP contribution in [0.2, 0.25) is 0 Å². The largest absolute Gasteiger partial charge is 0.371 e. The third-order valence-electron chi connectivity index (χ3n) is 4.83. The van der Waals surface area contributed by atoms with Crippen LogP contribution >= 0.6 is 12.4 Å². The van der Waals surface area contributed by atoms with E-state index >= 15 is 0 Å². The van der Waals surface area contributed by atoms with Crippen LogP contribution < -0.4 is 10.6 Å². The lowest BCUT2D eigenvalue weighted by molar-refractivity contribution is 0.330. The van der Waals surface area contributed by atoms with E-state index in [0.29, 0.717) is 12.0 Å². The molecule has 1 aliphatic heterocycles. The fourth-order valence-corrected chi connectivity index (χ4v) is 3.52. The summed E-state index contributed by atoms with van der Waals surface area (Å²) in [6.07, 6.45) is 4.93. The highest BCUT2D eigenvalue weighted by atomic mass is 35.5. The molecule has 22 heavy (non-hydrogen) atoms. The summed E-state index contributed by atoms with van der Waals surface area (Å²) >= 11 is 0. The molecule has 1 fully saturated rings. The van der Waals surface area contributed by atoms with Gasteiger partial charge in [0.05, 0.1) is 0 Å². The van der Waals surface area contributed by atoms with Crippen LogP contribution in [0.25, 0.3) is 10.8 Å². The van der Waals surface area contributed by atoms with Crippen molar-refractivity contribution in [2.24, 2.45) is 11.7 Å². The van der Waals surface area contributed by atoms with Crippen LogP contribution in [-0.4, -0.2) is 19.1 Å². The van der Waals surface area contributed by atoms with Crippen molar-refractivity contribution in [1.82, 2.24) is 0 Å². The molecule has 3 rings (SSSR count). The Morgan fingerprint density at radius 1 is 1.14 bits per heavy atom. The molecule has 0 bridgehead atoms. The predicted octanol–water partition coefficient (Wildman–Crippen LogP) is 4.61. The summed E-state index contributed by atoms with van der Waals surface area (Å²) in [5.41, 5.74) is 7.72. The molecule has 0 radical (unpaired) electrons. The first-order valence-electron chi connectivity index (χ1n) is 8.28. The van der Waals surface area contributed by atoms with Gasteiger partial charge in [0.25, 0.3) is 0 Å². The minimum Gasteiger partial charge on any atom is -0.371 e. The van der Waals surface area contributed by atoms with E-state index in [1.807, 2.05) is 0 Å². The van der Waals surface area contributed by atoms with E-state index in [4.69, 9.17) is 5.73 Å². The lowest BCUT2D eigenvalue weighted by Gasteiger charge is -2.39. The van der Waals surface area contributed by atoms with Crippen molar-refractivity contribution < 1.29 is 0 Å². The van der Waals surface area contributed by atoms with Crippen molar-refractivity contribution in [2.45, 2.75) is 38.6 Å².